The average molecular weight is 260 g/mol. The number of hydrogen-bond acceptors (Lipinski definition) is 2. The topological polar surface area (TPSA) is 32.3 Å². The van der Waals surface area contributed by atoms with Crippen LogP contribution in [0, 0.1) is 19.3 Å². The molecule has 0 aromatic heterocycles. The van der Waals surface area contributed by atoms with E-state index in [-0.39, 0.29) is 11.3 Å². The van der Waals surface area contributed by atoms with Gasteiger partial charge in [0.05, 0.1) is 0 Å². The molecule has 0 radical (unpaired) electrons. The summed E-state index contributed by atoms with van der Waals surface area (Å²) in [6.07, 6.45) is 0.573. The fraction of sp³-hybridized carbons (Fsp3) is 0.562. The molecule has 0 atom stereocenters. The fourth-order valence-electron chi connectivity index (χ4n) is 2.76. The Kier molecular flexibility index (Phi) is 3.95. The number of aryl methyl sites for hydroxylation is 2. The third-order valence-electron chi connectivity index (χ3n) is 3.72. The smallest absolute Gasteiger partial charge is 0.228 e. The van der Waals surface area contributed by atoms with Gasteiger partial charge in [-0.1, -0.05) is 32.0 Å². The van der Waals surface area contributed by atoms with Crippen molar-refractivity contribution in [2.24, 2.45) is 5.41 Å². The van der Waals surface area contributed by atoms with Gasteiger partial charge in [-0.3, -0.25) is 4.79 Å². The van der Waals surface area contributed by atoms with Crippen LogP contribution in [0.3, 0.4) is 0 Å². The first-order valence-corrected chi connectivity index (χ1v) is 6.98. The molecule has 3 nitrogen and oxygen atoms in total. The molecule has 2 rings (SSSR count). The average Bonchev–Trinajstić information content (AvgIpc) is 2.31. The van der Waals surface area contributed by atoms with Crippen LogP contribution >= 0.6 is 0 Å². The summed E-state index contributed by atoms with van der Waals surface area (Å²) in [6, 6.07) is 6.22. The molecule has 1 N–H and O–H groups in total. The number of amides is 1. The lowest BCUT2D eigenvalue weighted by molar-refractivity contribution is -0.119. The van der Waals surface area contributed by atoms with Crippen molar-refractivity contribution in [3.8, 4) is 0 Å². The summed E-state index contributed by atoms with van der Waals surface area (Å²) in [5.74, 6) is 0.220. The van der Waals surface area contributed by atoms with Crippen LogP contribution < -0.4 is 10.2 Å². The van der Waals surface area contributed by atoms with E-state index in [9.17, 15) is 4.79 Å². The van der Waals surface area contributed by atoms with Crippen LogP contribution in [0.5, 0.6) is 0 Å². The minimum Gasteiger partial charge on any atom is -0.316 e. The fourth-order valence-corrected chi connectivity index (χ4v) is 2.76. The molecular formula is C16H24N2O. The van der Waals surface area contributed by atoms with E-state index >= 15 is 0 Å². The number of para-hydroxylation sites is 1. The Balaban J connectivity index is 2.41. The van der Waals surface area contributed by atoms with Gasteiger partial charge >= 0.3 is 0 Å². The van der Waals surface area contributed by atoms with Crippen molar-refractivity contribution in [1.29, 1.82) is 0 Å². The van der Waals surface area contributed by atoms with Crippen molar-refractivity contribution in [3.05, 3.63) is 29.3 Å². The molecule has 1 aromatic carbocycles. The van der Waals surface area contributed by atoms with Crippen molar-refractivity contribution >= 4 is 11.6 Å². The summed E-state index contributed by atoms with van der Waals surface area (Å²) in [5, 5.41) is 3.36. The zero-order chi connectivity index (χ0) is 14.0. The molecule has 3 heteroatoms. The van der Waals surface area contributed by atoms with E-state index in [2.05, 4.69) is 51.2 Å². The third kappa shape index (κ3) is 3.16. The molecule has 19 heavy (non-hydrogen) atoms. The van der Waals surface area contributed by atoms with Gasteiger partial charge in [-0.05, 0) is 30.4 Å². The second kappa shape index (κ2) is 5.33. The molecule has 1 aliphatic heterocycles. The van der Waals surface area contributed by atoms with Crippen LogP contribution in [0.2, 0.25) is 0 Å². The summed E-state index contributed by atoms with van der Waals surface area (Å²) in [4.78, 5) is 14.4. The predicted molar refractivity (Wildman–Crippen MR) is 79.5 cm³/mol. The summed E-state index contributed by atoms with van der Waals surface area (Å²) in [6.45, 7) is 11.1. The molecule has 1 amide bonds. The summed E-state index contributed by atoms with van der Waals surface area (Å²) in [5.41, 5.74) is 3.54. The second-order valence-corrected chi connectivity index (χ2v) is 6.31. The lowest BCUT2D eigenvalue weighted by atomic mass is 9.90. The molecule has 1 fully saturated rings. The highest BCUT2D eigenvalue weighted by molar-refractivity contribution is 5.95. The Morgan fingerprint density at radius 1 is 1.21 bits per heavy atom. The number of carbonyl (C=O) groups excluding carboxylic acids is 1. The quantitative estimate of drug-likeness (QED) is 0.842. The number of nitrogens with zero attached hydrogens (tertiary/aromatic N) is 1. The number of carbonyl (C=O) groups is 1. The molecule has 1 saturated heterocycles. The van der Waals surface area contributed by atoms with Crippen LogP contribution in [-0.4, -0.2) is 25.5 Å². The number of rotatable bonds is 1. The minimum absolute atomic E-state index is 0.0881. The standard InChI is InChI=1S/C16H24N2O/c1-12-6-5-7-13(2)15(12)18-11-16(3,4)10-17-9-8-14(18)19/h5-7,17H,8-11H2,1-4H3. The largest absolute Gasteiger partial charge is 0.316 e. The van der Waals surface area contributed by atoms with Gasteiger partial charge in [0, 0.05) is 31.7 Å². The Hall–Kier alpha value is -1.35. The van der Waals surface area contributed by atoms with Crippen molar-refractivity contribution in [2.75, 3.05) is 24.5 Å². The lowest BCUT2D eigenvalue weighted by Gasteiger charge is -2.36. The van der Waals surface area contributed by atoms with E-state index in [0.29, 0.717) is 6.42 Å². The normalized spacial score (nSPS) is 20.0. The van der Waals surface area contributed by atoms with E-state index in [1.807, 2.05) is 4.90 Å². The van der Waals surface area contributed by atoms with Crippen molar-refractivity contribution in [2.45, 2.75) is 34.1 Å². The molecule has 0 spiro atoms. The first-order valence-electron chi connectivity index (χ1n) is 6.98. The van der Waals surface area contributed by atoms with E-state index in [1.165, 1.54) is 11.1 Å². The van der Waals surface area contributed by atoms with E-state index in [1.54, 1.807) is 0 Å². The molecule has 104 valence electrons. The highest BCUT2D eigenvalue weighted by Crippen LogP contribution is 2.29. The summed E-state index contributed by atoms with van der Waals surface area (Å²) >= 11 is 0. The molecule has 1 aromatic rings. The Morgan fingerprint density at radius 3 is 2.47 bits per heavy atom. The van der Waals surface area contributed by atoms with Crippen LogP contribution in [-0.2, 0) is 4.79 Å². The summed E-state index contributed by atoms with van der Waals surface area (Å²) < 4.78 is 0. The molecule has 0 unspecified atom stereocenters. The number of anilines is 1. The van der Waals surface area contributed by atoms with Gasteiger partial charge in [-0.25, -0.2) is 0 Å². The zero-order valence-electron chi connectivity index (χ0n) is 12.4. The monoisotopic (exact) mass is 260 g/mol. The first kappa shape index (κ1) is 14.1. The maximum atomic E-state index is 12.4. The Labute approximate surface area is 116 Å². The van der Waals surface area contributed by atoms with Gasteiger partial charge in [-0.2, -0.15) is 0 Å². The van der Waals surface area contributed by atoms with Crippen molar-refractivity contribution in [3.63, 3.8) is 0 Å². The highest BCUT2D eigenvalue weighted by Gasteiger charge is 2.29. The number of benzene rings is 1. The zero-order valence-corrected chi connectivity index (χ0v) is 12.4. The van der Waals surface area contributed by atoms with Crippen LogP contribution in [0.15, 0.2) is 18.2 Å². The van der Waals surface area contributed by atoms with Crippen LogP contribution in [0.1, 0.15) is 31.4 Å². The van der Waals surface area contributed by atoms with Gasteiger partial charge < -0.3 is 10.2 Å². The molecular weight excluding hydrogens is 236 g/mol. The number of nitrogens with one attached hydrogen (secondary N) is 1. The van der Waals surface area contributed by atoms with Crippen LogP contribution in [0.4, 0.5) is 5.69 Å². The van der Waals surface area contributed by atoms with Crippen LogP contribution in [0.25, 0.3) is 0 Å². The van der Waals surface area contributed by atoms with Gasteiger partial charge in [0.25, 0.3) is 0 Å². The minimum atomic E-state index is 0.0881. The predicted octanol–water partition coefficient (Wildman–Crippen LogP) is 2.66. The van der Waals surface area contributed by atoms with Gasteiger partial charge in [0.1, 0.15) is 0 Å². The highest BCUT2D eigenvalue weighted by atomic mass is 16.2. The molecule has 0 bridgehead atoms. The van der Waals surface area contributed by atoms with E-state index < -0.39 is 0 Å². The molecule has 0 aliphatic carbocycles. The first-order chi connectivity index (χ1) is 8.91. The second-order valence-electron chi connectivity index (χ2n) is 6.31. The lowest BCUT2D eigenvalue weighted by Crippen LogP contribution is -2.47. The number of hydrogen-bond donors (Lipinski definition) is 1. The molecule has 1 aliphatic rings. The maximum Gasteiger partial charge on any atom is 0.228 e. The van der Waals surface area contributed by atoms with Crippen molar-refractivity contribution < 1.29 is 4.79 Å². The Bertz CT molecular complexity index is 459. The van der Waals surface area contributed by atoms with Gasteiger partial charge in [-0.15, -0.1) is 0 Å². The van der Waals surface area contributed by atoms with E-state index in [4.69, 9.17) is 0 Å². The maximum absolute atomic E-state index is 12.4. The Morgan fingerprint density at radius 2 is 1.84 bits per heavy atom. The van der Waals surface area contributed by atoms with E-state index in [0.717, 1.165) is 25.3 Å². The van der Waals surface area contributed by atoms with Crippen molar-refractivity contribution in [1.82, 2.24) is 5.32 Å². The van der Waals surface area contributed by atoms with Gasteiger partial charge in [0.2, 0.25) is 5.91 Å². The summed E-state index contributed by atoms with van der Waals surface area (Å²) in [7, 11) is 0. The molecule has 1 heterocycles. The van der Waals surface area contributed by atoms with Gasteiger partial charge in [0.15, 0.2) is 0 Å². The SMILES string of the molecule is Cc1cccc(C)c1N1CC(C)(C)CNCCC1=O. The third-order valence-corrected chi connectivity index (χ3v) is 3.72. The molecule has 0 saturated carbocycles.